The van der Waals surface area contributed by atoms with E-state index >= 15 is 0 Å². The van der Waals surface area contributed by atoms with Gasteiger partial charge in [0.2, 0.25) is 0 Å². The molecule has 6 nitrogen and oxygen atoms in total. The molecule has 0 bridgehead atoms. The highest BCUT2D eigenvalue weighted by Gasteiger charge is 2.26. The molecule has 1 fully saturated rings. The van der Waals surface area contributed by atoms with Crippen molar-refractivity contribution in [3.05, 3.63) is 82.9 Å². The van der Waals surface area contributed by atoms with Gasteiger partial charge in [-0.25, -0.2) is 5.48 Å². The van der Waals surface area contributed by atoms with Crippen LogP contribution in [0.5, 0.6) is 0 Å². The second-order valence-electron chi connectivity index (χ2n) is 8.43. The lowest BCUT2D eigenvalue weighted by Crippen LogP contribution is -2.54. The summed E-state index contributed by atoms with van der Waals surface area (Å²) in [6.45, 7) is 7.50. The van der Waals surface area contributed by atoms with Gasteiger partial charge in [-0.1, -0.05) is 48.5 Å². The van der Waals surface area contributed by atoms with Crippen molar-refractivity contribution in [1.29, 1.82) is 0 Å². The van der Waals surface area contributed by atoms with E-state index in [0.717, 1.165) is 30.8 Å². The van der Waals surface area contributed by atoms with Crippen molar-refractivity contribution in [3.63, 3.8) is 0 Å². The van der Waals surface area contributed by atoms with Gasteiger partial charge in [-0.15, -0.1) is 0 Å². The molecule has 2 aromatic carbocycles. The fourth-order valence-corrected chi connectivity index (χ4v) is 3.92. The maximum Gasteiger partial charge on any atom is 0.267 e. The maximum atomic E-state index is 12.6. The average molecular weight is 434 g/mol. The normalized spacial score (nSPS) is 20.1. The van der Waals surface area contributed by atoms with Crippen LogP contribution in [0.2, 0.25) is 0 Å². The van der Waals surface area contributed by atoms with Crippen LogP contribution in [-0.4, -0.2) is 58.9 Å². The number of hydrogen-bond donors (Lipinski definition) is 2. The summed E-state index contributed by atoms with van der Waals surface area (Å²) >= 11 is 0. The first-order chi connectivity index (χ1) is 15.4. The van der Waals surface area contributed by atoms with E-state index in [2.05, 4.69) is 30.7 Å². The largest absolute Gasteiger partial charge is 0.298 e. The SMILES string of the molecule is C[C@@H]1CN(Cc2ccc(C(=O)C=Cc3cccc(C=CC(=O)NO)c3)cc2)C[C@H](C)N1C. The molecule has 2 atom stereocenters. The highest BCUT2D eigenvalue weighted by Crippen LogP contribution is 2.17. The minimum atomic E-state index is -0.596. The molecule has 32 heavy (non-hydrogen) atoms. The van der Waals surface area contributed by atoms with Crippen molar-refractivity contribution in [2.75, 3.05) is 20.1 Å². The number of rotatable bonds is 7. The van der Waals surface area contributed by atoms with Crippen LogP contribution in [0.15, 0.2) is 60.7 Å². The van der Waals surface area contributed by atoms with Gasteiger partial charge in [-0.3, -0.25) is 24.6 Å². The predicted molar refractivity (Wildman–Crippen MR) is 127 cm³/mol. The number of carbonyl (C=O) groups is 2. The van der Waals surface area contributed by atoms with Crippen LogP contribution in [0.1, 0.15) is 40.9 Å². The molecule has 2 N–H and O–H groups in total. The minimum absolute atomic E-state index is 0.0565. The van der Waals surface area contributed by atoms with Gasteiger partial charge in [0.1, 0.15) is 0 Å². The molecule has 1 heterocycles. The summed E-state index contributed by atoms with van der Waals surface area (Å²) in [5.41, 5.74) is 5.05. The van der Waals surface area contributed by atoms with E-state index in [1.165, 1.54) is 11.6 Å². The van der Waals surface area contributed by atoms with E-state index in [-0.39, 0.29) is 5.78 Å². The van der Waals surface area contributed by atoms with E-state index in [0.29, 0.717) is 17.6 Å². The van der Waals surface area contributed by atoms with Gasteiger partial charge < -0.3 is 0 Å². The number of ketones is 1. The van der Waals surface area contributed by atoms with Crippen molar-refractivity contribution in [3.8, 4) is 0 Å². The summed E-state index contributed by atoms with van der Waals surface area (Å²) in [6.07, 6.45) is 6.14. The van der Waals surface area contributed by atoms with Gasteiger partial charge >= 0.3 is 0 Å². The number of allylic oxidation sites excluding steroid dienone is 1. The number of hydroxylamine groups is 1. The molecular formula is C26H31N3O3. The van der Waals surface area contributed by atoms with Crippen LogP contribution in [-0.2, 0) is 11.3 Å². The van der Waals surface area contributed by atoms with Crippen LogP contribution in [0.4, 0.5) is 0 Å². The molecule has 6 heteroatoms. The first-order valence-corrected chi connectivity index (χ1v) is 10.8. The van der Waals surface area contributed by atoms with Gasteiger partial charge in [0.25, 0.3) is 5.91 Å². The molecule has 0 unspecified atom stereocenters. The lowest BCUT2D eigenvalue weighted by molar-refractivity contribution is -0.124. The van der Waals surface area contributed by atoms with Crippen molar-refractivity contribution in [2.24, 2.45) is 0 Å². The first-order valence-electron chi connectivity index (χ1n) is 10.8. The van der Waals surface area contributed by atoms with Gasteiger partial charge in [-0.05, 0) is 55.8 Å². The molecule has 1 amide bonds. The van der Waals surface area contributed by atoms with E-state index in [9.17, 15) is 9.59 Å². The summed E-state index contributed by atoms with van der Waals surface area (Å²) in [7, 11) is 2.18. The summed E-state index contributed by atoms with van der Waals surface area (Å²) in [5.74, 6) is -0.653. The number of nitrogens with one attached hydrogen (secondary N) is 1. The number of nitrogens with zero attached hydrogens (tertiary/aromatic N) is 2. The Bertz CT molecular complexity index is 986. The molecular weight excluding hydrogens is 402 g/mol. The Morgan fingerprint density at radius 3 is 2.19 bits per heavy atom. The van der Waals surface area contributed by atoms with Crippen molar-refractivity contribution in [2.45, 2.75) is 32.5 Å². The fourth-order valence-electron chi connectivity index (χ4n) is 3.92. The van der Waals surface area contributed by atoms with E-state index in [1.54, 1.807) is 23.7 Å². The Balaban J connectivity index is 1.60. The topological polar surface area (TPSA) is 72.9 Å². The van der Waals surface area contributed by atoms with Gasteiger partial charge in [-0.2, -0.15) is 0 Å². The lowest BCUT2D eigenvalue weighted by Gasteiger charge is -2.42. The summed E-state index contributed by atoms with van der Waals surface area (Å²) < 4.78 is 0. The number of carbonyl (C=O) groups excluding carboxylic acids is 2. The number of hydrogen-bond acceptors (Lipinski definition) is 5. The molecule has 0 aliphatic carbocycles. The van der Waals surface area contributed by atoms with Crippen LogP contribution < -0.4 is 5.48 Å². The molecule has 1 saturated heterocycles. The van der Waals surface area contributed by atoms with E-state index in [4.69, 9.17) is 5.21 Å². The van der Waals surface area contributed by atoms with Crippen molar-refractivity contribution >= 4 is 23.8 Å². The van der Waals surface area contributed by atoms with Crippen LogP contribution in [0.25, 0.3) is 12.2 Å². The summed E-state index contributed by atoms with van der Waals surface area (Å²) in [4.78, 5) is 28.6. The first kappa shape index (κ1) is 23.6. The summed E-state index contributed by atoms with van der Waals surface area (Å²) in [5, 5.41) is 8.55. The zero-order valence-electron chi connectivity index (χ0n) is 18.9. The molecule has 1 aliphatic rings. The van der Waals surface area contributed by atoms with Gasteiger partial charge in [0.15, 0.2) is 5.78 Å². The third kappa shape index (κ3) is 6.47. The predicted octanol–water partition coefficient (Wildman–Crippen LogP) is 3.63. The molecule has 168 valence electrons. The average Bonchev–Trinajstić information content (AvgIpc) is 2.80. The fraction of sp³-hybridized carbons (Fsp3) is 0.308. The Morgan fingerprint density at radius 2 is 1.59 bits per heavy atom. The highest BCUT2D eigenvalue weighted by molar-refractivity contribution is 6.06. The molecule has 2 aromatic rings. The second kappa shape index (κ2) is 11.0. The minimum Gasteiger partial charge on any atom is -0.298 e. The van der Waals surface area contributed by atoms with E-state index < -0.39 is 5.91 Å². The Hall–Kier alpha value is -3.06. The van der Waals surface area contributed by atoms with Crippen molar-refractivity contribution in [1.82, 2.24) is 15.3 Å². The maximum absolute atomic E-state index is 12.6. The third-order valence-electron chi connectivity index (χ3n) is 5.96. The quantitative estimate of drug-likeness (QED) is 0.302. The third-order valence-corrected chi connectivity index (χ3v) is 5.96. The number of likely N-dealkylation sites (N-methyl/N-ethyl adjacent to an activating group) is 1. The van der Waals surface area contributed by atoms with E-state index in [1.807, 2.05) is 48.5 Å². The Labute approximate surface area is 189 Å². The zero-order chi connectivity index (χ0) is 23.1. The Morgan fingerprint density at radius 1 is 1.00 bits per heavy atom. The molecule has 0 radical (unpaired) electrons. The second-order valence-corrected chi connectivity index (χ2v) is 8.43. The number of amides is 1. The standard InChI is InChI=1S/C26H31N3O3/c1-19-16-29(17-20(2)28(19)3)18-23-7-11-24(12-8-23)25(30)13-9-21-5-4-6-22(15-21)10-14-26(31)27-32/h4-15,19-20,32H,16-18H2,1-3H3,(H,27,31)/t19-,20+. The lowest BCUT2D eigenvalue weighted by atomic mass is 10.0. The highest BCUT2D eigenvalue weighted by atomic mass is 16.5. The number of piperazine rings is 1. The van der Waals surface area contributed by atoms with Crippen LogP contribution >= 0.6 is 0 Å². The number of benzene rings is 2. The van der Waals surface area contributed by atoms with Crippen LogP contribution in [0, 0.1) is 0 Å². The molecule has 0 spiro atoms. The molecule has 0 saturated carbocycles. The van der Waals surface area contributed by atoms with Gasteiger partial charge in [0, 0.05) is 43.4 Å². The summed E-state index contributed by atoms with van der Waals surface area (Å²) in [6, 6.07) is 16.3. The Kier molecular flexibility index (Phi) is 8.11. The zero-order valence-corrected chi connectivity index (χ0v) is 18.9. The molecule has 1 aliphatic heterocycles. The molecule has 3 rings (SSSR count). The van der Waals surface area contributed by atoms with Crippen LogP contribution in [0.3, 0.4) is 0 Å². The van der Waals surface area contributed by atoms with Gasteiger partial charge in [0.05, 0.1) is 0 Å². The monoisotopic (exact) mass is 433 g/mol. The molecule has 0 aromatic heterocycles. The smallest absolute Gasteiger partial charge is 0.267 e. The van der Waals surface area contributed by atoms with Crippen molar-refractivity contribution < 1.29 is 14.8 Å².